The average molecular weight is 220 g/mol. The highest BCUT2D eigenvalue weighted by atomic mass is 19.1. The molecule has 0 amide bonds. The second-order valence-corrected chi connectivity index (χ2v) is 4.51. The van der Waals surface area contributed by atoms with Crippen LogP contribution in [0.25, 0.3) is 11.0 Å². The van der Waals surface area contributed by atoms with Crippen molar-refractivity contribution < 1.29 is 13.9 Å². The molecule has 1 aliphatic rings. The normalized spacial score (nSPS) is 17.9. The van der Waals surface area contributed by atoms with Gasteiger partial charge in [0.2, 0.25) is 0 Å². The molecule has 1 N–H and O–H groups in total. The Balaban J connectivity index is 2.14. The summed E-state index contributed by atoms with van der Waals surface area (Å²) in [5, 5.41) is 10.8. The lowest BCUT2D eigenvalue weighted by Gasteiger charge is -2.05. The van der Waals surface area contributed by atoms with Gasteiger partial charge in [-0.1, -0.05) is 0 Å². The highest BCUT2D eigenvalue weighted by Gasteiger charge is 2.34. The molecule has 0 spiro atoms. The third-order valence-electron chi connectivity index (χ3n) is 3.27. The highest BCUT2D eigenvalue weighted by Crippen LogP contribution is 2.43. The first-order valence-electron chi connectivity index (χ1n) is 5.53. The topological polar surface area (TPSA) is 33.4 Å². The number of hydrogen-bond acceptors (Lipinski definition) is 2. The molecule has 0 radical (unpaired) electrons. The van der Waals surface area contributed by atoms with Crippen molar-refractivity contribution in [3.63, 3.8) is 0 Å². The third kappa shape index (κ3) is 1.43. The van der Waals surface area contributed by atoms with Crippen LogP contribution < -0.4 is 0 Å². The van der Waals surface area contributed by atoms with Gasteiger partial charge in [0.1, 0.15) is 23.3 Å². The van der Waals surface area contributed by atoms with E-state index >= 15 is 0 Å². The maximum absolute atomic E-state index is 13.1. The molecule has 1 aromatic carbocycles. The van der Waals surface area contributed by atoms with Gasteiger partial charge in [0.25, 0.3) is 0 Å². The summed E-state index contributed by atoms with van der Waals surface area (Å²) in [7, 11) is 0. The first-order valence-corrected chi connectivity index (χ1v) is 5.53. The molecule has 0 saturated heterocycles. The van der Waals surface area contributed by atoms with Gasteiger partial charge in [-0.05, 0) is 43.9 Å². The predicted octanol–water partition coefficient (Wildman–Crippen LogP) is 3.32. The van der Waals surface area contributed by atoms with Crippen molar-refractivity contribution in [2.75, 3.05) is 0 Å². The van der Waals surface area contributed by atoms with Gasteiger partial charge in [0, 0.05) is 10.9 Å². The monoisotopic (exact) mass is 220 g/mol. The Labute approximate surface area is 92.7 Å². The van der Waals surface area contributed by atoms with Gasteiger partial charge >= 0.3 is 0 Å². The Morgan fingerprint density at radius 3 is 2.88 bits per heavy atom. The van der Waals surface area contributed by atoms with Gasteiger partial charge in [0.15, 0.2) is 0 Å². The third-order valence-corrected chi connectivity index (χ3v) is 3.27. The molecule has 1 heterocycles. The number of rotatable bonds is 2. The number of aliphatic hydroxyl groups is 1. The van der Waals surface area contributed by atoms with Crippen molar-refractivity contribution in [2.24, 2.45) is 5.92 Å². The van der Waals surface area contributed by atoms with Crippen molar-refractivity contribution in [3.8, 4) is 0 Å². The molecular formula is C13H13FO2. The summed E-state index contributed by atoms with van der Waals surface area (Å²) in [5.74, 6) is 0.649. The van der Waals surface area contributed by atoms with E-state index in [-0.39, 0.29) is 5.82 Å². The van der Waals surface area contributed by atoms with Crippen molar-refractivity contribution >= 4 is 11.0 Å². The molecule has 16 heavy (non-hydrogen) atoms. The Morgan fingerprint density at radius 2 is 2.19 bits per heavy atom. The summed E-state index contributed by atoms with van der Waals surface area (Å²) in [6, 6.07) is 4.44. The molecule has 1 aromatic heterocycles. The van der Waals surface area contributed by atoms with E-state index in [0.717, 1.165) is 23.8 Å². The molecule has 0 aliphatic heterocycles. The van der Waals surface area contributed by atoms with Gasteiger partial charge in [0.05, 0.1) is 0 Å². The Kier molecular flexibility index (Phi) is 2.04. The van der Waals surface area contributed by atoms with Crippen LogP contribution in [-0.4, -0.2) is 5.11 Å². The molecule has 1 saturated carbocycles. The van der Waals surface area contributed by atoms with E-state index in [9.17, 15) is 9.50 Å². The van der Waals surface area contributed by atoms with Crippen molar-refractivity contribution in [1.29, 1.82) is 0 Å². The smallest absolute Gasteiger partial charge is 0.136 e. The zero-order chi connectivity index (χ0) is 11.3. The zero-order valence-electron chi connectivity index (χ0n) is 9.03. The standard InChI is InChI=1S/C13H13FO2/c1-7-10-6-9(14)4-5-11(10)16-13(7)12(15)8-2-3-8/h4-6,8,12,15H,2-3H2,1H3. The first kappa shape index (κ1) is 9.85. The number of aliphatic hydroxyl groups excluding tert-OH is 1. The van der Waals surface area contributed by atoms with Crippen LogP contribution >= 0.6 is 0 Å². The molecule has 1 aliphatic carbocycles. The van der Waals surface area contributed by atoms with E-state index in [1.165, 1.54) is 12.1 Å². The Bertz CT molecular complexity index is 540. The molecular weight excluding hydrogens is 207 g/mol. The lowest BCUT2D eigenvalue weighted by atomic mass is 10.1. The van der Waals surface area contributed by atoms with E-state index in [1.54, 1.807) is 6.07 Å². The Morgan fingerprint density at radius 1 is 1.44 bits per heavy atom. The van der Waals surface area contributed by atoms with Crippen LogP contribution in [0, 0.1) is 18.7 Å². The molecule has 84 valence electrons. The predicted molar refractivity (Wildman–Crippen MR) is 58.6 cm³/mol. The average Bonchev–Trinajstić information content (AvgIpc) is 3.05. The van der Waals surface area contributed by atoms with Crippen LogP contribution in [0.1, 0.15) is 30.3 Å². The lowest BCUT2D eigenvalue weighted by molar-refractivity contribution is 0.128. The second-order valence-electron chi connectivity index (χ2n) is 4.51. The van der Waals surface area contributed by atoms with Crippen LogP contribution in [0.2, 0.25) is 0 Å². The van der Waals surface area contributed by atoms with Crippen molar-refractivity contribution in [2.45, 2.75) is 25.9 Å². The van der Waals surface area contributed by atoms with E-state index in [1.807, 2.05) is 6.92 Å². The number of fused-ring (bicyclic) bond motifs is 1. The summed E-state index contributed by atoms with van der Waals surface area (Å²) in [6.45, 7) is 1.87. The van der Waals surface area contributed by atoms with Crippen molar-refractivity contribution in [1.82, 2.24) is 0 Å². The number of halogens is 1. The van der Waals surface area contributed by atoms with Crippen LogP contribution in [0.15, 0.2) is 22.6 Å². The molecule has 0 bridgehead atoms. The largest absolute Gasteiger partial charge is 0.458 e. The van der Waals surface area contributed by atoms with Gasteiger partial charge < -0.3 is 9.52 Å². The van der Waals surface area contributed by atoms with Gasteiger partial charge in [-0.2, -0.15) is 0 Å². The molecule has 1 fully saturated rings. The summed E-state index contributed by atoms with van der Waals surface area (Å²) < 4.78 is 18.7. The fourth-order valence-corrected chi connectivity index (χ4v) is 2.12. The van der Waals surface area contributed by atoms with Gasteiger partial charge in [-0.15, -0.1) is 0 Å². The van der Waals surface area contributed by atoms with E-state index < -0.39 is 6.10 Å². The summed E-state index contributed by atoms with van der Waals surface area (Å²) in [6.07, 6.45) is 1.56. The number of furan rings is 1. The SMILES string of the molecule is Cc1c(C(O)C2CC2)oc2ccc(F)cc12. The second kappa shape index (κ2) is 3.32. The van der Waals surface area contributed by atoms with E-state index in [4.69, 9.17) is 4.42 Å². The number of hydrogen-bond donors (Lipinski definition) is 1. The maximum Gasteiger partial charge on any atom is 0.136 e. The van der Waals surface area contributed by atoms with Crippen LogP contribution in [-0.2, 0) is 0 Å². The fraction of sp³-hybridized carbons (Fsp3) is 0.385. The quantitative estimate of drug-likeness (QED) is 0.842. The minimum atomic E-state index is -0.532. The molecule has 2 aromatic rings. The Hall–Kier alpha value is -1.35. The van der Waals surface area contributed by atoms with Crippen LogP contribution in [0.3, 0.4) is 0 Å². The first-order chi connectivity index (χ1) is 7.66. The maximum atomic E-state index is 13.1. The van der Waals surface area contributed by atoms with Crippen LogP contribution in [0.4, 0.5) is 4.39 Å². The molecule has 1 atom stereocenters. The van der Waals surface area contributed by atoms with E-state index in [2.05, 4.69) is 0 Å². The van der Waals surface area contributed by atoms with E-state index in [0.29, 0.717) is 17.3 Å². The molecule has 2 nitrogen and oxygen atoms in total. The zero-order valence-corrected chi connectivity index (χ0v) is 9.03. The minimum absolute atomic E-state index is 0.274. The molecule has 3 heteroatoms. The van der Waals surface area contributed by atoms with Crippen molar-refractivity contribution in [3.05, 3.63) is 35.3 Å². The molecule has 3 rings (SSSR count). The molecule has 1 unspecified atom stereocenters. The summed E-state index contributed by atoms with van der Waals surface area (Å²) in [4.78, 5) is 0. The summed E-state index contributed by atoms with van der Waals surface area (Å²) >= 11 is 0. The highest BCUT2D eigenvalue weighted by molar-refractivity contribution is 5.82. The summed E-state index contributed by atoms with van der Waals surface area (Å²) in [5.41, 5.74) is 1.50. The lowest BCUT2D eigenvalue weighted by Crippen LogP contribution is -1.99. The van der Waals surface area contributed by atoms with Crippen LogP contribution in [0.5, 0.6) is 0 Å². The van der Waals surface area contributed by atoms with Gasteiger partial charge in [-0.25, -0.2) is 4.39 Å². The minimum Gasteiger partial charge on any atom is -0.458 e. The number of benzene rings is 1. The fourth-order valence-electron chi connectivity index (χ4n) is 2.12. The van der Waals surface area contributed by atoms with Gasteiger partial charge in [-0.3, -0.25) is 0 Å². The number of aryl methyl sites for hydroxylation is 1.